The van der Waals surface area contributed by atoms with Crippen LogP contribution in [0.5, 0.6) is 0 Å². The van der Waals surface area contributed by atoms with E-state index in [0.717, 1.165) is 38.4 Å². The first-order valence-corrected chi connectivity index (χ1v) is 9.32. The van der Waals surface area contributed by atoms with Crippen LogP contribution >= 0.6 is 0 Å². The van der Waals surface area contributed by atoms with Crippen molar-refractivity contribution in [1.82, 2.24) is 24.8 Å². The largest absolute Gasteiger partial charge is 0.340 e. The van der Waals surface area contributed by atoms with Crippen LogP contribution in [0.2, 0.25) is 0 Å². The lowest BCUT2D eigenvalue weighted by Gasteiger charge is -2.32. The molecule has 3 heterocycles. The molecular weight excluding hydrogens is 326 g/mol. The average Bonchev–Trinajstić information content (AvgIpc) is 3.30. The fourth-order valence-electron chi connectivity index (χ4n) is 3.71. The van der Waals surface area contributed by atoms with E-state index in [0.29, 0.717) is 11.8 Å². The zero-order valence-corrected chi connectivity index (χ0v) is 15.2. The molecule has 2 aromatic heterocycles. The molecule has 3 aromatic rings. The van der Waals surface area contributed by atoms with Crippen molar-refractivity contribution < 1.29 is 4.52 Å². The summed E-state index contributed by atoms with van der Waals surface area (Å²) < 4.78 is 7.07. The van der Waals surface area contributed by atoms with Crippen molar-refractivity contribution in [3.63, 3.8) is 0 Å². The normalized spacial score (nSPS) is 16.2. The summed E-state index contributed by atoms with van der Waals surface area (Å²) in [6, 6.07) is 10.7. The van der Waals surface area contributed by atoms with Crippen LogP contribution in [0.1, 0.15) is 35.7 Å². The lowest BCUT2D eigenvalue weighted by molar-refractivity contribution is 0.175. The van der Waals surface area contributed by atoms with E-state index < -0.39 is 0 Å². The van der Waals surface area contributed by atoms with Crippen LogP contribution in [-0.2, 0) is 19.5 Å². The van der Waals surface area contributed by atoms with Gasteiger partial charge >= 0.3 is 0 Å². The van der Waals surface area contributed by atoms with Crippen LogP contribution in [-0.4, -0.2) is 37.9 Å². The monoisotopic (exact) mass is 351 g/mol. The Morgan fingerprint density at radius 1 is 1.08 bits per heavy atom. The van der Waals surface area contributed by atoms with Gasteiger partial charge in [-0.1, -0.05) is 29.4 Å². The molecule has 0 atom stereocenters. The average molecular weight is 351 g/mol. The van der Waals surface area contributed by atoms with E-state index in [4.69, 9.17) is 4.52 Å². The maximum Gasteiger partial charge on any atom is 0.223 e. The molecule has 0 N–H and O–H groups in total. The van der Waals surface area contributed by atoms with Gasteiger partial charge in [0.15, 0.2) is 5.82 Å². The van der Waals surface area contributed by atoms with Crippen LogP contribution in [0.4, 0.5) is 0 Å². The Balaban J connectivity index is 1.33. The first-order valence-electron chi connectivity index (χ1n) is 9.32. The van der Waals surface area contributed by atoms with Gasteiger partial charge in [-0.3, -0.25) is 9.58 Å². The fourth-order valence-corrected chi connectivity index (χ4v) is 3.71. The molecule has 1 aliphatic heterocycles. The Labute approximate surface area is 153 Å². The standard InChI is InChI=1S/C20H25N5O/c1-16-22-20(23-26-16)13-17-7-11-24(12-8-17)14-18-5-2-3-6-19(18)15-25-10-4-9-21-25/h2-6,9-10,17H,7-8,11-15H2,1H3. The quantitative estimate of drug-likeness (QED) is 0.683. The zero-order valence-electron chi connectivity index (χ0n) is 15.2. The van der Waals surface area contributed by atoms with Crippen LogP contribution in [0.15, 0.2) is 47.2 Å². The van der Waals surface area contributed by atoms with Crippen molar-refractivity contribution in [3.05, 3.63) is 65.6 Å². The van der Waals surface area contributed by atoms with Crippen LogP contribution in [0, 0.1) is 12.8 Å². The van der Waals surface area contributed by atoms with Crippen LogP contribution < -0.4 is 0 Å². The SMILES string of the molecule is Cc1nc(CC2CCN(Cc3ccccc3Cn3cccn3)CC2)no1. The number of aromatic nitrogens is 4. The number of piperidine rings is 1. The minimum atomic E-state index is 0.655. The summed E-state index contributed by atoms with van der Waals surface area (Å²) >= 11 is 0. The molecule has 0 bridgehead atoms. The number of hydrogen-bond donors (Lipinski definition) is 0. The van der Waals surface area contributed by atoms with Gasteiger partial charge in [-0.25, -0.2) is 0 Å². The summed E-state index contributed by atoms with van der Waals surface area (Å²) in [5.41, 5.74) is 2.75. The van der Waals surface area contributed by atoms with Crippen molar-refractivity contribution in [3.8, 4) is 0 Å². The van der Waals surface area contributed by atoms with E-state index in [-0.39, 0.29) is 0 Å². The van der Waals surface area contributed by atoms with Crippen molar-refractivity contribution >= 4 is 0 Å². The molecule has 0 spiro atoms. The lowest BCUT2D eigenvalue weighted by Crippen LogP contribution is -2.34. The molecule has 26 heavy (non-hydrogen) atoms. The van der Waals surface area contributed by atoms with Crippen molar-refractivity contribution in [2.75, 3.05) is 13.1 Å². The highest BCUT2D eigenvalue weighted by atomic mass is 16.5. The summed E-state index contributed by atoms with van der Waals surface area (Å²) in [5, 5.41) is 8.37. The van der Waals surface area contributed by atoms with Crippen molar-refractivity contribution in [1.29, 1.82) is 0 Å². The Hall–Kier alpha value is -2.47. The second kappa shape index (κ2) is 7.83. The summed E-state index contributed by atoms with van der Waals surface area (Å²) in [6.07, 6.45) is 7.16. The number of benzene rings is 1. The molecule has 136 valence electrons. The molecule has 6 heteroatoms. The molecule has 6 nitrogen and oxygen atoms in total. The smallest absolute Gasteiger partial charge is 0.223 e. The molecule has 0 saturated carbocycles. The van der Waals surface area contributed by atoms with Crippen LogP contribution in [0.3, 0.4) is 0 Å². The first kappa shape index (κ1) is 17.0. The molecule has 0 amide bonds. The van der Waals surface area contributed by atoms with Gasteiger partial charge in [-0.05, 0) is 49.0 Å². The van der Waals surface area contributed by atoms with Gasteiger partial charge in [0.25, 0.3) is 0 Å². The van der Waals surface area contributed by atoms with E-state index in [1.54, 1.807) is 0 Å². The molecule has 1 saturated heterocycles. The molecule has 0 aliphatic carbocycles. The highest BCUT2D eigenvalue weighted by Crippen LogP contribution is 2.23. The van der Waals surface area contributed by atoms with Gasteiger partial charge < -0.3 is 4.52 Å². The Kier molecular flexibility index (Phi) is 5.11. The number of hydrogen-bond acceptors (Lipinski definition) is 5. The van der Waals surface area contributed by atoms with E-state index in [9.17, 15) is 0 Å². The predicted octanol–water partition coefficient (Wildman–Crippen LogP) is 3.08. The van der Waals surface area contributed by atoms with E-state index in [2.05, 4.69) is 44.4 Å². The number of aryl methyl sites for hydroxylation is 1. The molecule has 1 aliphatic rings. The molecule has 4 rings (SSSR count). The van der Waals surface area contributed by atoms with Gasteiger partial charge in [0.05, 0.1) is 6.54 Å². The minimum Gasteiger partial charge on any atom is -0.340 e. The van der Waals surface area contributed by atoms with E-state index in [1.807, 2.05) is 30.1 Å². The Bertz CT molecular complexity index is 818. The third-order valence-electron chi connectivity index (χ3n) is 5.15. The zero-order chi connectivity index (χ0) is 17.8. The molecule has 1 aromatic carbocycles. The van der Waals surface area contributed by atoms with E-state index in [1.165, 1.54) is 24.0 Å². The number of nitrogens with zero attached hydrogens (tertiary/aromatic N) is 5. The van der Waals surface area contributed by atoms with Gasteiger partial charge in [0.1, 0.15) is 0 Å². The third-order valence-corrected chi connectivity index (χ3v) is 5.15. The highest BCUT2D eigenvalue weighted by Gasteiger charge is 2.21. The van der Waals surface area contributed by atoms with Gasteiger partial charge in [-0.15, -0.1) is 0 Å². The second-order valence-corrected chi connectivity index (χ2v) is 7.13. The van der Waals surface area contributed by atoms with Gasteiger partial charge in [0.2, 0.25) is 5.89 Å². The Morgan fingerprint density at radius 3 is 2.50 bits per heavy atom. The third kappa shape index (κ3) is 4.19. The summed E-state index contributed by atoms with van der Waals surface area (Å²) in [7, 11) is 0. The summed E-state index contributed by atoms with van der Waals surface area (Å²) in [5.74, 6) is 2.17. The number of likely N-dealkylation sites (tertiary alicyclic amines) is 1. The summed E-state index contributed by atoms with van der Waals surface area (Å²) in [6.45, 7) is 5.93. The summed E-state index contributed by atoms with van der Waals surface area (Å²) in [4.78, 5) is 6.89. The fraction of sp³-hybridized carbons (Fsp3) is 0.450. The first-order chi connectivity index (χ1) is 12.8. The molecule has 0 unspecified atom stereocenters. The molecule has 1 fully saturated rings. The van der Waals surface area contributed by atoms with Crippen molar-refractivity contribution in [2.24, 2.45) is 5.92 Å². The Morgan fingerprint density at radius 2 is 1.85 bits per heavy atom. The predicted molar refractivity (Wildman–Crippen MR) is 98.5 cm³/mol. The highest BCUT2D eigenvalue weighted by molar-refractivity contribution is 5.27. The van der Waals surface area contributed by atoms with Gasteiger partial charge in [0, 0.05) is 32.3 Å². The maximum absolute atomic E-state index is 5.08. The lowest BCUT2D eigenvalue weighted by atomic mass is 9.93. The topological polar surface area (TPSA) is 60.0 Å². The molecule has 0 radical (unpaired) electrons. The van der Waals surface area contributed by atoms with E-state index >= 15 is 0 Å². The second-order valence-electron chi connectivity index (χ2n) is 7.13. The van der Waals surface area contributed by atoms with Crippen molar-refractivity contribution in [2.45, 2.75) is 39.3 Å². The number of rotatable bonds is 6. The minimum absolute atomic E-state index is 0.655. The maximum atomic E-state index is 5.08. The van der Waals surface area contributed by atoms with Gasteiger partial charge in [-0.2, -0.15) is 10.1 Å². The molecular formula is C20H25N5O. The van der Waals surface area contributed by atoms with Crippen LogP contribution in [0.25, 0.3) is 0 Å².